The number of carbonyl (C=O) groups excluding carboxylic acids is 2. The zero-order chi connectivity index (χ0) is 35.4. The second kappa shape index (κ2) is 11.4. The molecule has 5 atom stereocenters. The number of ether oxygens (including phenoxy) is 1. The lowest BCUT2D eigenvalue weighted by Crippen LogP contribution is -2.64. The summed E-state index contributed by atoms with van der Waals surface area (Å²) in [5.74, 6) is -0.470. The fourth-order valence-corrected chi connectivity index (χ4v) is 9.36. The molecule has 0 bridgehead atoms. The molecule has 1 aromatic carbocycles. The van der Waals surface area contributed by atoms with E-state index >= 15 is 0 Å². The zero-order valence-electron chi connectivity index (χ0n) is 27.0. The van der Waals surface area contributed by atoms with Gasteiger partial charge in [-0.3, -0.25) is 14.4 Å². The van der Waals surface area contributed by atoms with Crippen LogP contribution in [0.1, 0.15) is 71.2 Å². The number of likely N-dealkylation sites (tertiary alicyclic amines) is 1. The minimum atomic E-state index is -4.60. The van der Waals surface area contributed by atoms with E-state index in [2.05, 4.69) is 15.4 Å². The lowest BCUT2D eigenvalue weighted by atomic mass is 9.54. The molecule has 2 N–H and O–H groups in total. The number of rotatable bonds is 5. The number of amides is 2. The highest BCUT2D eigenvalue weighted by Crippen LogP contribution is 2.72. The number of benzene rings is 1. The number of alkyl halides is 3. The van der Waals surface area contributed by atoms with Gasteiger partial charge < -0.3 is 24.6 Å². The average Bonchev–Trinajstić information content (AvgIpc) is 3.67. The molecule has 1 saturated heterocycles. The van der Waals surface area contributed by atoms with Gasteiger partial charge in [0.1, 0.15) is 12.3 Å². The Kier molecular flexibility index (Phi) is 7.17. The number of nitrogens with one attached hydrogen (secondary N) is 1. The average molecular weight is 722 g/mol. The quantitative estimate of drug-likeness (QED) is 0.300. The number of hydrogen-bond donors (Lipinski definition) is 2. The Balaban J connectivity index is 1.12. The molecule has 1 spiro atoms. The van der Waals surface area contributed by atoms with Crippen LogP contribution in [-0.2, 0) is 27.7 Å². The molecule has 4 aromatic rings. The van der Waals surface area contributed by atoms with E-state index in [4.69, 9.17) is 21.3 Å². The van der Waals surface area contributed by atoms with E-state index < -0.39 is 23.1 Å². The van der Waals surface area contributed by atoms with Gasteiger partial charge in [-0.05, 0) is 79.8 Å². The molecular formula is C35H31ClF3N7O5. The first-order chi connectivity index (χ1) is 24.5. The van der Waals surface area contributed by atoms with Crippen molar-refractivity contribution in [2.45, 2.75) is 62.2 Å². The number of piperidine rings is 1. The Morgan fingerprint density at radius 1 is 1.18 bits per heavy atom. The molecule has 2 saturated carbocycles. The topological polar surface area (TPSA) is 144 Å². The summed E-state index contributed by atoms with van der Waals surface area (Å²) in [6.07, 6.45) is 2.14. The number of aromatic nitrogens is 5. The van der Waals surface area contributed by atoms with Gasteiger partial charge in [-0.15, -0.1) is 5.10 Å². The van der Waals surface area contributed by atoms with Crippen molar-refractivity contribution in [3.63, 3.8) is 0 Å². The van der Waals surface area contributed by atoms with E-state index in [1.165, 1.54) is 16.8 Å². The van der Waals surface area contributed by atoms with Crippen molar-refractivity contribution >= 4 is 40.5 Å². The Morgan fingerprint density at radius 2 is 2.02 bits per heavy atom. The van der Waals surface area contributed by atoms with Crippen molar-refractivity contribution in [2.75, 3.05) is 25.1 Å². The molecule has 9 rings (SSSR count). The van der Waals surface area contributed by atoms with Crippen LogP contribution in [0.15, 0.2) is 47.4 Å². The van der Waals surface area contributed by atoms with Gasteiger partial charge >= 0.3 is 6.18 Å². The second-order valence-corrected chi connectivity index (χ2v) is 14.4. The van der Waals surface area contributed by atoms with Gasteiger partial charge in [-0.2, -0.15) is 22.7 Å². The number of pyridine rings is 1. The molecule has 2 amide bonds. The van der Waals surface area contributed by atoms with Crippen molar-refractivity contribution in [3.8, 4) is 5.75 Å². The van der Waals surface area contributed by atoms with Gasteiger partial charge in [0.25, 0.3) is 11.5 Å². The summed E-state index contributed by atoms with van der Waals surface area (Å²) < 4.78 is 48.3. The predicted molar refractivity (Wildman–Crippen MR) is 176 cm³/mol. The van der Waals surface area contributed by atoms with E-state index in [9.17, 15) is 32.7 Å². The van der Waals surface area contributed by atoms with Crippen LogP contribution in [-0.4, -0.2) is 71.8 Å². The number of nitrogens with zero attached hydrogens (tertiary/aromatic N) is 6. The number of fused-ring (bicyclic) bond motifs is 8. The molecule has 12 nitrogen and oxygen atoms in total. The van der Waals surface area contributed by atoms with Gasteiger partial charge in [0.15, 0.2) is 11.5 Å². The summed E-state index contributed by atoms with van der Waals surface area (Å²) in [6.45, 7) is 0.919. The lowest BCUT2D eigenvalue weighted by Gasteiger charge is -2.58. The van der Waals surface area contributed by atoms with Crippen molar-refractivity contribution in [2.24, 2.45) is 11.8 Å². The maximum absolute atomic E-state index is 14.7. The molecule has 51 heavy (non-hydrogen) atoms. The Labute approximate surface area is 292 Å². The predicted octanol–water partition coefficient (Wildman–Crippen LogP) is 4.79. The molecule has 3 aromatic heterocycles. The normalized spacial score (nSPS) is 26.3. The molecule has 5 heterocycles. The van der Waals surface area contributed by atoms with Gasteiger partial charge in [-0.25, -0.2) is 4.98 Å². The molecule has 2 aliphatic heterocycles. The van der Waals surface area contributed by atoms with Gasteiger partial charge in [-0.1, -0.05) is 17.7 Å². The van der Waals surface area contributed by atoms with Crippen LogP contribution in [0.5, 0.6) is 5.75 Å². The third-order valence-corrected chi connectivity index (χ3v) is 11.8. The number of carbonyl (C=O) groups is 2. The summed E-state index contributed by atoms with van der Waals surface area (Å²) in [7, 11) is 0. The number of hydrogen-bond acceptors (Lipinski definition) is 8. The van der Waals surface area contributed by atoms with Crippen LogP contribution in [0, 0.1) is 11.8 Å². The zero-order valence-corrected chi connectivity index (χ0v) is 27.7. The fraction of sp³-hybridized carbons (Fsp3) is 0.429. The lowest BCUT2D eigenvalue weighted by molar-refractivity contribution is -0.137. The summed E-state index contributed by atoms with van der Waals surface area (Å²) in [5.41, 5.74) is 0.357. The molecule has 0 radical (unpaired) electrons. The highest BCUT2D eigenvalue weighted by molar-refractivity contribution is 6.33. The highest BCUT2D eigenvalue weighted by atomic mass is 35.5. The first-order valence-corrected chi connectivity index (χ1v) is 17.3. The van der Waals surface area contributed by atoms with Crippen molar-refractivity contribution < 1.29 is 32.6 Å². The first-order valence-electron chi connectivity index (χ1n) is 16.9. The maximum atomic E-state index is 14.7. The summed E-state index contributed by atoms with van der Waals surface area (Å²) in [6, 6.07) is 5.56. The van der Waals surface area contributed by atoms with Crippen molar-refractivity contribution in [1.82, 2.24) is 29.0 Å². The van der Waals surface area contributed by atoms with Gasteiger partial charge in [0.05, 0.1) is 29.5 Å². The van der Waals surface area contributed by atoms with Gasteiger partial charge in [0.2, 0.25) is 11.7 Å². The molecule has 3 aliphatic carbocycles. The van der Waals surface area contributed by atoms with Crippen molar-refractivity contribution in [3.05, 3.63) is 86.3 Å². The minimum absolute atomic E-state index is 0.00370. The number of anilines is 1. The number of halogens is 4. The Bertz CT molecular complexity index is 2250. The van der Waals surface area contributed by atoms with E-state index in [0.29, 0.717) is 44.0 Å². The maximum Gasteiger partial charge on any atom is 0.416 e. The summed E-state index contributed by atoms with van der Waals surface area (Å²) in [5, 5.41) is 17.4. The molecule has 0 unspecified atom stereocenters. The van der Waals surface area contributed by atoms with Crippen LogP contribution >= 0.6 is 11.6 Å². The monoisotopic (exact) mass is 721 g/mol. The van der Waals surface area contributed by atoms with E-state index in [1.54, 1.807) is 15.5 Å². The van der Waals surface area contributed by atoms with E-state index in [-0.39, 0.29) is 69.7 Å². The number of aromatic hydroxyl groups is 1. The van der Waals surface area contributed by atoms with Crippen LogP contribution in [0.2, 0.25) is 5.02 Å². The van der Waals surface area contributed by atoms with Gasteiger partial charge in [0, 0.05) is 41.4 Å². The highest BCUT2D eigenvalue weighted by Gasteiger charge is 2.70. The summed E-state index contributed by atoms with van der Waals surface area (Å²) >= 11 is 6.18. The first kappa shape index (κ1) is 32.2. The van der Waals surface area contributed by atoms with Crippen LogP contribution < -0.4 is 10.9 Å². The van der Waals surface area contributed by atoms with Crippen LogP contribution in [0.3, 0.4) is 0 Å². The third-order valence-electron chi connectivity index (χ3n) is 11.5. The van der Waals surface area contributed by atoms with E-state index in [0.717, 1.165) is 48.7 Å². The van der Waals surface area contributed by atoms with E-state index in [1.807, 2.05) is 6.08 Å². The molecule has 3 fully saturated rings. The SMILES string of the molecule is O=C(Cn1c2c(c(=O)n3nc(C4=CCOCC4)nc13)[C@]1(CCN(C(=O)c3ncccc3O)[C@@H]3CC[C@@H]31)[C@@H]1C[C@H]21)Nc1ccc(C(F)(F)F)cc1Cl. The smallest absolute Gasteiger partial charge is 0.416 e. The fourth-order valence-electron chi connectivity index (χ4n) is 9.13. The minimum Gasteiger partial charge on any atom is -0.505 e. The largest absolute Gasteiger partial charge is 0.505 e. The Morgan fingerprint density at radius 3 is 2.73 bits per heavy atom. The molecule has 5 aliphatic rings. The second-order valence-electron chi connectivity index (χ2n) is 14.0. The molecular weight excluding hydrogens is 691 g/mol. The standard InChI is InChI=1S/C35H31ClF3N7O5/c36-22-14-18(35(37,38)39)3-5-23(22)41-26(48)16-45-29-19-15-21(19)34(27(29)31(49)46-33(45)42-30(43-46)17-7-12-51-13-8-17)9-11-44(24-6-4-20(24)34)32(50)28-25(47)2-1-10-40-28/h1-3,5,7,10,14,19-21,24,47H,4,6,8-9,11-13,15-16H2,(H,41,48)/t19-,20-,21+,24+,34-/m0/s1. The molecule has 264 valence electrons. The Hall–Kier alpha value is -4.76. The van der Waals surface area contributed by atoms with Crippen molar-refractivity contribution in [1.29, 1.82) is 0 Å². The summed E-state index contributed by atoms with van der Waals surface area (Å²) in [4.78, 5) is 52.7. The van der Waals surface area contributed by atoms with Crippen LogP contribution in [0.4, 0.5) is 18.9 Å². The molecule has 16 heteroatoms. The van der Waals surface area contributed by atoms with Crippen LogP contribution in [0.25, 0.3) is 11.4 Å². The third kappa shape index (κ3) is 4.84.